The Morgan fingerprint density at radius 1 is 1.07 bits per heavy atom. The summed E-state index contributed by atoms with van der Waals surface area (Å²) in [6, 6.07) is 9.06. The zero-order valence-corrected chi connectivity index (χ0v) is 8.44. The van der Waals surface area contributed by atoms with Gasteiger partial charge in [0, 0.05) is 18.0 Å². The van der Waals surface area contributed by atoms with Crippen LogP contribution in [0.1, 0.15) is 5.56 Å². The third kappa shape index (κ3) is 2.12. The summed E-state index contributed by atoms with van der Waals surface area (Å²) in [4.78, 5) is 8.10. The van der Waals surface area contributed by atoms with Crippen molar-refractivity contribution >= 4 is 11.6 Å². The molecule has 0 aromatic carbocycles. The zero-order chi connectivity index (χ0) is 10.7. The van der Waals surface area contributed by atoms with Gasteiger partial charge in [0.05, 0.1) is 11.3 Å². The van der Waals surface area contributed by atoms with Gasteiger partial charge in [-0.15, -0.1) is 0 Å². The van der Waals surface area contributed by atoms with E-state index in [1.54, 1.807) is 24.4 Å². The molecule has 0 spiro atoms. The SMILES string of the molecule is N#Cc1ccc(-c2ccc(Cl)nc2)nc1. The molecule has 0 N–H and O–H groups in total. The molecule has 0 saturated heterocycles. The second-order valence-corrected chi connectivity index (χ2v) is 3.30. The lowest BCUT2D eigenvalue weighted by Crippen LogP contribution is -1.85. The van der Waals surface area contributed by atoms with Crippen LogP contribution in [-0.2, 0) is 0 Å². The number of halogens is 1. The Balaban J connectivity index is 2.38. The van der Waals surface area contributed by atoms with Gasteiger partial charge < -0.3 is 0 Å². The van der Waals surface area contributed by atoms with Gasteiger partial charge in [-0.05, 0) is 24.3 Å². The summed E-state index contributed by atoms with van der Waals surface area (Å²) in [5.41, 5.74) is 2.20. The number of nitriles is 1. The van der Waals surface area contributed by atoms with Crippen molar-refractivity contribution in [2.75, 3.05) is 0 Å². The first-order valence-corrected chi connectivity index (χ1v) is 4.65. The minimum atomic E-state index is 0.451. The molecule has 0 bridgehead atoms. The Hall–Kier alpha value is -1.92. The van der Waals surface area contributed by atoms with Crippen LogP contribution in [0.15, 0.2) is 36.7 Å². The van der Waals surface area contributed by atoms with E-state index in [2.05, 4.69) is 9.97 Å². The predicted molar refractivity (Wildman–Crippen MR) is 57.2 cm³/mol. The van der Waals surface area contributed by atoms with Crippen molar-refractivity contribution in [3.63, 3.8) is 0 Å². The number of aromatic nitrogens is 2. The molecule has 4 heteroatoms. The average molecular weight is 216 g/mol. The van der Waals surface area contributed by atoms with E-state index in [0.29, 0.717) is 10.7 Å². The highest BCUT2D eigenvalue weighted by atomic mass is 35.5. The number of rotatable bonds is 1. The second kappa shape index (κ2) is 4.07. The second-order valence-electron chi connectivity index (χ2n) is 2.91. The first-order chi connectivity index (χ1) is 7.29. The normalized spacial score (nSPS) is 9.60. The van der Waals surface area contributed by atoms with Crippen molar-refractivity contribution in [3.05, 3.63) is 47.4 Å². The fourth-order valence-corrected chi connectivity index (χ4v) is 1.27. The number of hydrogen-bond acceptors (Lipinski definition) is 3. The molecule has 15 heavy (non-hydrogen) atoms. The van der Waals surface area contributed by atoms with Crippen molar-refractivity contribution in [3.8, 4) is 17.3 Å². The minimum Gasteiger partial charge on any atom is -0.255 e. The van der Waals surface area contributed by atoms with Gasteiger partial charge in [-0.1, -0.05) is 11.6 Å². The van der Waals surface area contributed by atoms with E-state index in [-0.39, 0.29) is 0 Å². The first kappa shape index (κ1) is 9.63. The van der Waals surface area contributed by atoms with Crippen molar-refractivity contribution in [1.82, 2.24) is 9.97 Å². The van der Waals surface area contributed by atoms with Gasteiger partial charge >= 0.3 is 0 Å². The van der Waals surface area contributed by atoms with Crippen LogP contribution in [0.3, 0.4) is 0 Å². The van der Waals surface area contributed by atoms with Crippen molar-refractivity contribution < 1.29 is 0 Å². The van der Waals surface area contributed by atoms with Crippen molar-refractivity contribution in [2.24, 2.45) is 0 Å². The van der Waals surface area contributed by atoms with Gasteiger partial charge in [0.15, 0.2) is 0 Å². The predicted octanol–water partition coefficient (Wildman–Crippen LogP) is 2.67. The van der Waals surface area contributed by atoms with Crippen molar-refractivity contribution in [1.29, 1.82) is 5.26 Å². The van der Waals surface area contributed by atoms with Crippen LogP contribution in [0.5, 0.6) is 0 Å². The maximum atomic E-state index is 8.62. The maximum absolute atomic E-state index is 8.62. The Morgan fingerprint density at radius 3 is 2.47 bits per heavy atom. The molecule has 0 aliphatic heterocycles. The van der Waals surface area contributed by atoms with Crippen LogP contribution in [0.25, 0.3) is 11.3 Å². The van der Waals surface area contributed by atoms with E-state index in [9.17, 15) is 0 Å². The Bertz CT molecular complexity index is 497. The van der Waals surface area contributed by atoms with Gasteiger partial charge in [0.25, 0.3) is 0 Å². The fourth-order valence-electron chi connectivity index (χ4n) is 1.16. The van der Waals surface area contributed by atoms with E-state index in [1.165, 1.54) is 6.20 Å². The van der Waals surface area contributed by atoms with Crippen LogP contribution in [0, 0.1) is 11.3 Å². The van der Waals surface area contributed by atoms with E-state index in [1.807, 2.05) is 12.1 Å². The lowest BCUT2D eigenvalue weighted by Gasteiger charge is -1.99. The summed E-state index contributed by atoms with van der Waals surface area (Å²) in [6.07, 6.45) is 3.18. The molecule has 0 aliphatic rings. The molecular formula is C11H6ClN3. The summed E-state index contributed by atoms with van der Waals surface area (Å²) >= 11 is 5.67. The van der Waals surface area contributed by atoms with Gasteiger partial charge in [-0.25, -0.2) is 4.98 Å². The molecule has 3 nitrogen and oxygen atoms in total. The Labute approximate surface area is 92.0 Å². The molecule has 2 aromatic rings. The third-order valence-electron chi connectivity index (χ3n) is 1.92. The van der Waals surface area contributed by atoms with Gasteiger partial charge in [-0.2, -0.15) is 5.26 Å². The highest BCUT2D eigenvalue weighted by Gasteiger charge is 1.99. The van der Waals surface area contributed by atoms with Crippen LogP contribution < -0.4 is 0 Å². The lowest BCUT2D eigenvalue weighted by molar-refractivity contribution is 1.27. The summed E-state index contributed by atoms with van der Waals surface area (Å²) in [7, 11) is 0. The first-order valence-electron chi connectivity index (χ1n) is 4.27. The summed E-state index contributed by atoms with van der Waals surface area (Å²) in [6.45, 7) is 0. The van der Waals surface area contributed by atoms with E-state index >= 15 is 0 Å². The molecule has 2 heterocycles. The molecule has 2 aromatic heterocycles. The van der Waals surface area contributed by atoms with E-state index < -0.39 is 0 Å². The van der Waals surface area contributed by atoms with Crippen LogP contribution in [-0.4, -0.2) is 9.97 Å². The Kier molecular flexibility index (Phi) is 2.61. The van der Waals surface area contributed by atoms with E-state index in [4.69, 9.17) is 16.9 Å². The third-order valence-corrected chi connectivity index (χ3v) is 2.14. The standard InChI is InChI=1S/C11H6ClN3/c12-11-4-2-9(7-15-11)10-3-1-8(5-13)6-14-10/h1-4,6-7H. The molecule has 0 radical (unpaired) electrons. The zero-order valence-electron chi connectivity index (χ0n) is 7.68. The smallest absolute Gasteiger partial charge is 0.129 e. The molecule has 0 aliphatic carbocycles. The fraction of sp³-hybridized carbons (Fsp3) is 0. The van der Waals surface area contributed by atoms with E-state index in [0.717, 1.165) is 11.3 Å². The quantitative estimate of drug-likeness (QED) is 0.688. The monoisotopic (exact) mass is 215 g/mol. The molecule has 2 rings (SSSR count). The van der Waals surface area contributed by atoms with Crippen LogP contribution in [0.2, 0.25) is 5.15 Å². The number of pyridine rings is 2. The molecule has 0 amide bonds. The van der Waals surface area contributed by atoms with Gasteiger partial charge in [0.2, 0.25) is 0 Å². The molecular weight excluding hydrogens is 210 g/mol. The van der Waals surface area contributed by atoms with Crippen molar-refractivity contribution in [2.45, 2.75) is 0 Å². The van der Waals surface area contributed by atoms with Crippen LogP contribution in [0.4, 0.5) is 0 Å². The summed E-state index contributed by atoms with van der Waals surface area (Å²) in [5, 5.41) is 9.07. The number of nitrogens with zero attached hydrogens (tertiary/aromatic N) is 3. The molecule has 0 fully saturated rings. The Morgan fingerprint density at radius 2 is 1.93 bits per heavy atom. The molecule has 0 unspecified atom stereocenters. The summed E-state index contributed by atoms with van der Waals surface area (Å²) in [5.74, 6) is 0. The average Bonchev–Trinajstić information content (AvgIpc) is 2.30. The summed E-state index contributed by atoms with van der Waals surface area (Å²) < 4.78 is 0. The number of hydrogen-bond donors (Lipinski definition) is 0. The highest BCUT2D eigenvalue weighted by Crippen LogP contribution is 2.17. The van der Waals surface area contributed by atoms with Gasteiger partial charge in [-0.3, -0.25) is 4.98 Å². The molecule has 0 atom stereocenters. The minimum absolute atomic E-state index is 0.451. The molecule has 72 valence electrons. The largest absolute Gasteiger partial charge is 0.255 e. The topological polar surface area (TPSA) is 49.6 Å². The highest BCUT2D eigenvalue weighted by molar-refractivity contribution is 6.29. The lowest BCUT2D eigenvalue weighted by atomic mass is 10.2. The van der Waals surface area contributed by atoms with Crippen LogP contribution >= 0.6 is 11.6 Å². The maximum Gasteiger partial charge on any atom is 0.129 e. The van der Waals surface area contributed by atoms with Gasteiger partial charge in [0.1, 0.15) is 11.2 Å². The molecule has 0 saturated carbocycles.